The van der Waals surface area contributed by atoms with Gasteiger partial charge in [0.1, 0.15) is 6.54 Å². The summed E-state index contributed by atoms with van der Waals surface area (Å²) in [4.78, 5) is 0.446. The van der Waals surface area contributed by atoms with E-state index in [-0.39, 0.29) is 12.3 Å². The Balaban J connectivity index is 2.37. The highest BCUT2D eigenvalue weighted by Gasteiger charge is 2.23. The summed E-state index contributed by atoms with van der Waals surface area (Å²) in [5.41, 5.74) is 1.66. The molecule has 1 aliphatic rings. The third-order valence-electron chi connectivity index (χ3n) is 2.63. The summed E-state index contributed by atoms with van der Waals surface area (Å²) < 4.78 is 23.5. The predicted molar refractivity (Wildman–Crippen MR) is 60.9 cm³/mol. The SMILES string of the molecule is N#CCNc1ccc2c(c1)CCCS2(=O)=O. The van der Waals surface area contributed by atoms with E-state index in [0.717, 1.165) is 17.7 Å². The molecule has 5 heteroatoms. The fourth-order valence-electron chi connectivity index (χ4n) is 1.89. The van der Waals surface area contributed by atoms with Crippen LogP contribution in [-0.4, -0.2) is 20.7 Å². The Labute approximate surface area is 94.8 Å². The average molecular weight is 236 g/mol. The smallest absolute Gasteiger partial charge is 0.178 e. The molecule has 0 unspecified atom stereocenters. The molecule has 0 fully saturated rings. The summed E-state index contributed by atoms with van der Waals surface area (Å²) in [6, 6.07) is 7.14. The number of hydrogen-bond acceptors (Lipinski definition) is 4. The molecule has 0 aromatic heterocycles. The third kappa shape index (κ3) is 2.02. The normalized spacial score (nSPS) is 17.2. The first-order valence-electron chi connectivity index (χ1n) is 5.10. The average Bonchev–Trinajstić information content (AvgIpc) is 2.25. The maximum Gasteiger partial charge on any atom is 0.178 e. The van der Waals surface area contributed by atoms with Gasteiger partial charge in [-0.1, -0.05) is 0 Å². The Bertz CT molecular complexity index is 544. The van der Waals surface area contributed by atoms with E-state index in [4.69, 9.17) is 5.26 Å². The highest BCUT2D eigenvalue weighted by Crippen LogP contribution is 2.27. The molecule has 4 nitrogen and oxygen atoms in total. The van der Waals surface area contributed by atoms with Crippen LogP contribution < -0.4 is 5.32 Å². The summed E-state index contributed by atoms with van der Waals surface area (Å²) in [6.07, 6.45) is 1.47. The van der Waals surface area contributed by atoms with Gasteiger partial charge in [-0.3, -0.25) is 0 Å². The van der Waals surface area contributed by atoms with Gasteiger partial charge in [0.15, 0.2) is 9.84 Å². The lowest BCUT2D eigenvalue weighted by Crippen LogP contribution is -2.16. The van der Waals surface area contributed by atoms with Crippen LogP contribution in [0, 0.1) is 11.3 Å². The predicted octanol–water partition coefficient (Wildman–Crippen LogP) is 1.34. The van der Waals surface area contributed by atoms with Gasteiger partial charge in [-0.05, 0) is 36.6 Å². The molecule has 1 aliphatic heterocycles. The van der Waals surface area contributed by atoms with Crippen LogP contribution >= 0.6 is 0 Å². The van der Waals surface area contributed by atoms with Crippen LogP contribution in [0.1, 0.15) is 12.0 Å². The molecule has 0 bridgehead atoms. The Morgan fingerprint density at radius 2 is 2.25 bits per heavy atom. The van der Waals surface area contributed by atoms with Crippen molar-refractivity contribution in [3.63, 3.8) is 0 Å². The monoisotopic (exact) mass is 236 g/mol. The zero-order chi connectivity index (χ0) is 11.6. The fourth-order valence-corrected chi connectivity index (χ4v) is 3.47. The molecule has 0 atom stereocenters. The zero-order valence-corrected chi connectivity index (χ0v) is 9.55. The molecule has 1 N–H and O–H groups in total. The second-order valence-corrected chi connectivity index (χ2v) is 5.83. The van der Waals surface area contributed by atoms with Gasteiger partial charge >= 0.3 is 0 Å². The second-order valence-electron chi connectivity index (χ2n) is 3.76. The lowest BCUT2D eigenvalue weighted by molar-refractivity contribution is 0.586. The number of nitrogens with zero attached hydrogens (tertiary/aromatic N) is 1. The van der Waals surface area contributed by atoms with Gasteiger partial charge in [0.2, 0.25) is 0 Å². The number of fused-ring (bicyclic) bond motifs is 1. The van der Waals surface area contributed by atoms with Crippen LogP contribution in [0.15, 0.2) is 23.1 Å². The molecule has 84 valence electrons. The van der Waals surface area contributed by atoms with E-state index in [2.05, 4.69) is 5.32 Å². The van der Waals surface area contributed by atoms with Crippen LogP contribution in [0.3, 0.4) is 0 Å². The fraction of sp³-hybridized carbons (Fsp3) is 0.364. The first kappa shape index (κ1) is 11.0. The van der Waals surface area contributed by atoms with Crippen LogP contribution in [0.2, 0.25) is 0 Å². The Kier molecular flexibility index (Phi) is 2.84. The topological polar surface area (TPSA) is 70.0 Å². The minimum Gasteiger partial charge on any atom is -0.372 e. The van der Waals surface area contributed by atoms with E-state index < -0.39 is 9.84 Å². The summed E-state index contributed by atoms with van der Waals surface area (Å²) in [5.74, 6) is 0.241. The molecule has 0 aliphatic carbocycles. The van der Waals surface area contributed by atoms with Crippen molar-refractivity contribution in [3.05, 3.63) is 23.8 Å². The van der Waals surface area contributed by atoms with E-state index >= 15 is 0 Å². The summed E-state index contributed by atoms with van der Waals surface area (Å²) >= 11 is 0. The molecule has 0 spiro atoms. The van der Waals surface area contributed by atoms with Gasteiger partial charge < -0.3 is 5.32 Å². The highest BCUT2D eigenvalue weighted by atomic mass is 32.2. The van der Waals surface area contributed by atoms with Gasteiger partial charge in [-0.15, -0.1) is 0 Å². The summed E-state index contributed by atoms with van der Waals surface area (Å²) in [5, 5.41) is 11.4. The van der Waals surface area contributed by atoms with Gasteiger partial charge in [0, 0.05) is 5.69 Å². The molecule has 1 aromatic rings. The molecular formula is C11H12N2O2S. The number of aryl methyl sites for hydroxylation is 1. The number of nitriles is 1. The van der Waals surface area contributed by atoms with Crippen LogP contribution in [-0.2, 0) is 16.3 Å². The van der Waals surface area contributed by atoms with Crippen molar-refractivity contribution in [1.82, 2.24) is 0 Å². The maximum absolute atomic E-state index is 11.7. The van der Waals surface area contributed by atoms with E-state index in [1.165, 1.54) is 0 Å². The van der Waals surface area contributed by atoms with Crippen molar-refractivity contribution in [1.29, 1.82) is 5.26 Å². The number of hydrogen-bond donors (Lipinski definition) is 1. The van der Waals surface area contributed by atoms with Crippen molar-refractivity contribution >= 4 is 15.5 Å². The third-order valence-corrected chi connectivity index (χ3v) is 4.52. The van der Waals surface area contributed by atoms with Gasteiger partial charge in [-0.25, -0.2) is 8.42 Å². The molecule has 16 heavy (non-hydrogen) atoms. The number of rotatable bonds is 2. The minimum absolute atomic E-state index is 0.228. The van der Waals surface area contributed by atoms with E-state index in [1.54, 1.807) is 12.1 Å². The lowest BCUT2D eigenvalue weighted by atomic mass is 10.1. The van der Waals surface area contributed by atoms with Crippen molar-refractivity contribution < 1.29 is 8.42 Å². The molecule has 0 saturated carbocycles. The maximum atomic E-state index is 11.7. The Morgan fingerprint density at radius 1 is 1.44 bits per heavy atom. The van der Waals surface area contributed by atoms with E-state index in [0.29, 0.717) is 11.3 Å². The Hall–Kier alpha value is -1.54. The number of sulfone groups is 1. The molecule has 1 aromatic carbocycles. The van der Waals surface area contributed by atoms with Crippen molar-refractivity contribution in [2.45, 2.75) is 17.7 Å². The first-order chi connectivity index (χ1) is 7.63. The summed E-state index contributed by atoms with van der Waals surface area (Å²) in [7, 11) is -3.07. The summed E-state index contributed by atoms with van der Waals surface area (Å²) in [6.45, 7) is 0.228. The standard InChI is InChI=1S/C11H12N2O2S/c12-5-6-13-10-3-4-11-9(8-10)2-1-7-16(11,14)15/h3-4,8,13H,1-2,6-7H2. The molecular weight excluding hydrogens is 224 g/mol. The van der Waals surface area contributed by atoms with Crippen LogP contribution in [0.5, 0.6) is 0 Å². The molecule has 0 radical (unpaired) electrons. The minimum atomic E-state index is -3.07. The van der Waals surface area contributed by atoms with E-state index in [1.807, 2.05) is 12.1 Å². The van der Waals surface area contributed by atoms with Gasteiger partial charge in [-0.2, -0.15) is 5.26 Å². The van der Waals surface area contributed by atoms with Crippen LogP contribution in [0.4, 0.5) is 5.69 Å². The molecule has 0 saturated heterocycles. The number of benzene rings is 1. The van der Waals surface area contributed by atoms with Crippen LogP contribution in [0.25, 0.3) is 0 Å². The highest BCUT2D eigenvalue weighted by molar-refractivity contribution is 7.91. The van der Waals surface area contributed by atoms with Gasteiger partial charge in [0.05, 0.1) is 16.7 Å². The van der Waals surface area contributed by atoms with Crippen molar-refractivity contribution in [2.24, 2.45) is 0 Å². The van der Waals surface area contributed by atoms with E-state index in [9.17, 15) is 8.42 Å². The molecule has 0 amide bonds. The molecule has 2 rings (SSSR count). The first-order valence-corrected chi connectivity index (χ1v) is 6.75. The number of nitrogens with one attached hydrogen (secondary N) is 1. The number of anilines is 1. The second kappa shape index (κ2) is 4.14. The molecule has 1 heterocycles. The van der Waals surface area contributed by atoms with Gasteiger partial charge in [0.25, 0.3) is 0 Å². The zero-order valence-electron chi connectivity index (χ0n) is 8.73. The lowest BCUT2D eigenvalue weighted by Gasteiger charge is -2.17. The Morgan fingerprint density at radius 3 is 3.00 bits per heavy atom. The van der Waals surface area contributed by atoms with Crippen molar-refractivity contribution in [3.8, 4) is 6.07 Å². The largest absolute Gasteiger partial charge is 0.372 e. The van der Waals surface area contributed by atoms with Crippen molar-refractivity contribution in [2.75, 3.05) is 17.6 Å². The quantitative estimate of drug-likeness (QED) is 0.787.